The van der Waals surface area contributed by atoms with Crippen LogP contribution < -0.4 is 11.1 Å². The maximum Gasteiger partial charge on any atom is 0.252 e. The molecule has 2 aliphatic rings. The molecular weight excluding hydrogens is 314 g/mol. The number of aromatic nitrogens is 1. The summed E-state index contributed by atoms with van der Waals surface area (Å²) in [5.74, 6) is 0.569. The summed E-state index contributed by atoms with van der Waals surface area (Å²) in [5.41, 5.74) is 6.51. The predicted molar refractivity (Wildman–Crippen MR) is 90.7 cm³/mol. The first-order valence-corrected chi connectivity index (χ1v) is 8.57. The maximum atomic E-state index is 11.6. The Kier molecular flexibility index (Phi) is 4.52. The average molecular weight is 338 g/mol. The molecule has 6 heteroatoms. The van der Waals surface area contributed by atoms with Gasteiger partial charge in [-0.1, -0.05) is 18.0 Å². The van der Waals surface area contributed by atoms with Gasteiger partial charge in [-0.2, -0.15) is 0 Å². The number of pyridine rings is 1. The van der Waals surface area contributed by atoms with Gasteiger partial charge in [0.05, 0.1) is 16.9 Å². The minimum Gasteiger partial charge on any atom is -0.381 e. The lowest BCUT2D eigenvalue weighted by atomic mass is 9.63. The Balaban J connectivity index is 1.86. The van der Waals surface area contributed by atoms with E-state index >= 15 is 0 Å². The summed E-state index contributed by atoms with van der Waals surface area (Å²) in [5, 5.41) is 3.92. The van der Waals surface area contributed by atoms with Crippen LogP contribution in [0.25, 0.3) is 0 Å². The second kappa shape index (κ2) is 6.29. The van der Waals surface area contributed by atoms with Crippen molar-refractivity contribution < 1.29 is 9.53 Å². The van der Waals surface area contributed by atoms with Crippen molar-refractivity contribution in [1.29, 1.82) is 0 Å². The first kappa shape index (κ1) is 16.5. The molecule has 2 saturated carbocycles. The Hall–Kier alpha value is -1.33. The molecule has 2 bridgehead atoms. The molecule has 2 fully saturated rings. The molecular formula is C17H24ClN3O2. The number of fused-ring (bicyclic) bond motifs is 2. The molecule has 3 N–H and O–H groups in total. The molecule has 5 nitrogen and oxygen atoms in total. The molecule has 0 radical (unpaired) electrons. The summed E-state index contributed by atoms with van der Waals surface area (Å²) < 4.78 is 5.76. The number of hydrogen-bond donors (Lipinski definition) is 2. The number of nitrogens with zero attached hydrogens (tertiary/aromatic N) is 1. The van der Waals surface area contributed by atoms with Gasteiger partial charge in [0.15, 0.2) is 0 Å². The molecule has 0 aromatic carbocycles. The molecule has 0 spiro atoms. The van der Waals surface area contributed by atoms with Crippen LogP contribution in [0.1, 0.15) is 49.4 Å². The lowest BCUT2D eigenvalue weighted by Crippen LogP contribution is -2.51. The maximum absolute atomic E-state index is 11.6. The second-order valence-electron chi connectivity index (χ2n) is 7.10. The number of ether oxygens (including phenoxy) is 1. The highest BCUT2D eigenvalue weighted by Crippen LogP contribution is 2.47. The molecule has 2 aliphatic carbocycles. The number of halogens is 1. The highest BCUT2D eigenvalue weighted by molar-refractivity contribution is 6.29. The van der Waals surface area contributed by atoms with Crippen molar-refractivity contribution >= 4 is 23.2 Å². The van der Waals surface area contributed by atoms with Crippen LogP contribution in [-0.2, 0) is 4.74 Å². The Morgan fingerprint density at radius 3 is 2.65 bits per heavy atom. The summed E-state index contributed by atoms with van der Waals surface area (Å²) in [6, 6.07) is 2.02. The number of methoxy groups -OCH3 is 1. The number of hydrogen-bond acceptors (Lipinski definition) is 4. The van der Waals surface area contributed by atoms with Gasteiger partial charge < -0.3 is 15.8 Å². The van der Waals surface area contributed by atoms with E-state index in [1.54, 1.807) is 13.2 Å². The van der Waals surface area contributed by atoms with Crippen LogP contribution in [0, 0.1) is 11.8 Å². The van der Waals surface area contributed by atoms with Crippen molar-refractivity contribution in [3.63, 3.8) is 0 Å². The average Bonchev–Trinajstić information content (AvgIpc) is 2.48. The van der Waals surface area contributed by atoms with E-state index in [1.807, 2.05) is 0 Å². The number of nitrogens with one attached hydrogen (secondary N) is 1. The Morgan fingerprint density at radius 1 is 1.43 bits per heavy atom. The van der Waals surface area contributed by atoms with E-state index < -0.39 is 5.91 Å². The number of rotatable bonds is 4. The zero-order chi connectivity index (χ0) is 16.6. The van der Waals surface area contributed by atoms with Gasteiger partial charge in [-0.15, -0.1) is 0 Å². The van der Waals surface area contributed by atoms with Gasteiger partial charge in [0, 0.05) is 19.3 Å². The standard InChI is InChI=1S/C17H24ClN3O2/c1-17(23-2)7-10-4-3-5-11(8-17)15(10)21-13-6-14(18)20-9-12(13)16(19)22/h6,9-11,15H,3-5,7-8H2,1-2H3,(H2,19,22)(H,20,21)/t10-,11+,15?,17?. The number of amides is 1. The second-order valence-corrected chi connectivity index (χ2v) is 7.49. The minimum absolute atomic E-state index is 0.0453. The Labute approximate surface area is 141 Å². The quantitative estimate of drug-likeness (QED) is 0.827. The number of nitrogens with two attached hydrogens (primary N) is 1. The number of carbonyl (C=O) groups excluding carboxylic acids is 1. The molecule has 0 saturated heterocycles. The van der Waals surface area contributed by atoms with Gasteiger partial charge in [-0.3, -0.25) is 4.79 Å². The van der Waals surface area contributed by atoms with Gasteiger partial charge in [0.25, 0.3) is 5.91 Å². The van der Waals surface area contributed by atoms with E-state index in [-0.39, 0.29) is 5.60 Å². The summed E-state index contributed by atoms with van der Waals surface area (Å²) >= 11 is 6.00. The minimum atomic E-state index is -0.487. The SMILES string of the molecule is COC1(C)C[C@H]2CCC[C@@H](C1)C2Nc1cc(Cl)ncc1C(N)=O. The molecule has 3 rings (SSSR count). The van der Waals surface area contributed by atoms with Crippen molar-refractivity contribution in [1.82, 2.24) is 4.98 Å². The first-order valence-electron chi connectivity index (χ1n) is 8.19. The van der Waals surface area contributed by atoms with Crippen LogP contribution in [0.2, 0.25) is 5.15 Å². The van der Waals surface area contributed by atoms with Crippen molar-refractivity contribution in [2.75, 3.05) is 12.4 Å². The lowest BCUT2D eigenvalue weighted by molar-refractivity contribution is -0.0736. The van der Waals surface area contributed by atoms with Gasteiger partial charge in [0.2, 0.25) is 0 Å². The molecule has 2 unspecified atom stereocenters. The van der Waals surface area contributed by atoms with Crippen LogP contribution in [0.3, 0.4) is 0 Å². The van der Waals surface area contributed by atoms with Crippen LogP contribution in [-0.4, -0.2) is 29.6 Å². The van der Waals surface area contributed by atoms with Crippen LogP contribution in [0.5, 0.6) is 0 Å². The molecule has 1 heterocycles. The zero-order valence-corrected chi connectivity index (χ0v) is 14.4. The van der Waals surface area contributed by atoms with E-state index in [4.69, 9.17) is 22.1 Å². The summed E-state index contributed by atoms with van der Waals surface area (Å²) in [6.07, 6.45) is 7.12. The van der Waals surface area contributed by atoms with Crippen molar-refractivity contribution in [3.05, 3.63) is 23.0 Å². The van der Waals surface area contributed by atoms with Crippen molar-refractivity contribution in [2.24, 2.45) is 17.6 Å². The fourth-order valence-electron chi connectivity index (χ4n) is 4.36. The lowest BCUT2D eigenvalue weighted by Gasteiger charge is -2.50. The predicted octanol–water partition coefficient (Wildman–Crippen LogP) is 3.23. The third-order valence-electron chi connectivity index (χ3n) is 5.50. The largest absolute Gasteiger partial charge is 0.381 e. The van der Waals surface area contributed by atoms with E-state index in [2.05, 4.69) is 17.2 Å². The normalized spacial score (nSPS) is 33.3. The molecule has 126 valence electrons. The monoisotopic (exact) mass is 337 g/mol. The fraction of sp³-hybridized carbons (Fsp3) is 0.647. The molecule has 4 atom stereocenters. The van der Waals surface area contributed by atoms with Crippen molar-refractivity contribution in [3.8, 4) is 0 Å². The molecule has 23 heavy (non-hydrogen) atoms. The topological polar surface area (TPSA) is 77.2 Å². The summed E-state index contributed by atoms with van der Waals surface area (Å²) in [4.78, 5) is 15.6. The molecule has 0 aliphatic heterocycles. The van der Waals surface area contributed by atoms with E-state index in [1.165, 1.54) is 25.5 Å². The van der Waals surface area contributed by atoms with E-state index in [9.17, 15) is 4.79 Å². The number of carbonyl (C=O) groups is 1. The Morgan fingerprint density at radius 2 is 2.09 bits per heavy atom. The van der Waals surface area contributed by atoms with Crippen LogP contribution in [0.15, 0.2) is 12.3 Å². The number of anilines is 1. The third-order valence-corrected chi connectivity index (χ3v) is 5.71. The fourth-order valence-corrected chi connectivity index (χ4v) is 4.52. The highest BCUT2D eigenvalue weighted by Gasteiger charge is 2.45. The van der Waals surface area contributed by atoms with E-state index in [0.29, 0.717) is 34.3 Å². The van der Waals surface area contributed by atoms with Gasteiger partial charge in [-0.05, 0) is 50.5 Å². The first-order chi connectivity index (χ1) is 10.9. The molecule has 1 aromatic heterocycles. The van der Waals surface area contributed by atoms with Crippen molar-refractivity contribution in [2.45, 2.75) is 50.7 Å². The van der Waals surface area contributed by atoms with Crippen LogP contribution in [0.4, 0.5) is 5.69 Å². The van der Waals surface area contributed by atoms with Gasteiger partial charge in [0.1, 0.15) is 5.15 Å². The molecule has 1 aromatic rings. The molecule has 1 amide bonds. The highest BCUT2D eigenvalue weighted by atomic mass is 35.5. The summed E-state index contributed by atoms with van der Waals surface area (Å²) in [6.45, 7) is 2.20. The third kappa shape index (κ3) is 3.31. The number of primary amides is 1. The van der Waals surface area contributed by atoms with Gasteiger partial charge in [-0.25, -0.2) is 4.98 Å². The van der Waals surface area contributed by atoms with Crippen LogP contribution >= 0.6 is 11.6 Å². The van der Waals surface area contributed by atoms with Gasteiger partial charge >= 0.3 is 0 Å². The zero-order valence-electron chi connectivity index (χ0n) is 13.6. The summed E-state index contributed by atoms with van der Waals surface area (Å²) in [7, 11) is 1.80. The Bertz CT molecular complexity index is 594. The van der Waals surface area contributed by atoms with E-state index in [0.717, 1.165) is 12.8 Å². The smallest absolute Gasteiger partial charge is 0.252 e.